The molecule has 2 rings (SSSR count). The monoisotopic (exact) mass is 234 g/mol. The minimum absolute atomic E-state index is 0.142. The molecule has 0 aliphatic rings. The number of benzene rings is 1. The molecule has 5 heteroatoms. The molecule has 0 spiro atoms. The smallest absolute Gasteiger partial charge is 0.126 e. The van der Waals surface area contributed by atoms with E-state index in [1.165, 1.54) is 6.07 Å². The van der Waals surface area contributed by atoms with Gasteiger partial charge in [0.2, 0.25) is 0 Å². The number of hydrogen-bond acceptors (Lipinski definition) is 3. The second kappa shape index (κ2) is 5.54. The van der Waals surface area contributed by atoms with Gasteiger partial charge in [-0.3, -0.25) is 4.68 Å². The van der Waals surface area contributed by atoms with Gasteiger partial charge in [-0.25, -0.2) is 4.39 Å². The average Bonchev–Trinajstić information content (AvgIpc) is 2.73. The van der Waals surface area contributed by atoms with Gasteiger partial charge < -0.3 is 5.32 Å². The summed E-state index contributed by atoms with van der Waals surface area (Å²) in [6.07, 6.45) is 2.40. The average molecular weight is 234 g/mol. The van der Waals surface area contributed by atoms with Crippen molar-refractivity contribution in [3.63, 3.8) is 0 Å². The van der Waals surface area contributed by atoms with Gasteiger partial charge in [-0.05, 0) is 24.6 Å². The van der Waals surface area contributed by atoms with Crippen molar-refractivity contribution in [3.8, 4) is 0 Å². The first kappa shape index (κ1) is 11.7. The Balaban J connectivity index is 1.77. The highest BCUT2D eigenvalue weighted by Crippen LogP contribution is 2.06. The van der Waals surface area contributed by atoms with Gasteiger partial charge in [-0.15, -0.1) is 5.10 Å². The fourth-order valence-electron chi connectivity index (χ4n) is 1.61. The highest BCUT2D eigenvalue weighted by atomic mass is 19.1. The van der Waals surface area contributed by atoms with Crippen LogP contribution in [0.4, 0.5) is 4.39 Å². The number of halogens is 1. The van der Waals surface area contributed by atoms with Gasteiger partial charge in [-0.2, -0.15) is 0 Å². The molecule has 0 atom stereocenters. The van der Waals surface area contributed by atoms with Crippen molar-refractivity contribution in [2.45, 2.75) is 13.0 Å². The number of nitrogens with one attached hydrogen (secondary N) is 1. The third-order valence-electron chi connectivity index (χ3n) is 2.64. The van der Waals surface area contributed by atoms with Crippen LogP contribution in [0.2, 0.25) is 0 Å². The number of aryl methyl sites for hydroxylation is 1. The summed E-state index contributed by atoms with van der Waals surface area (Å²) in [6, 6.07) is 6.85. The van der Waals surface area contributed by atoms with Crippen LogP contribution in [0.5, 0.6) is 0 Å². The SMILES string of the molecule is Cn1nncc1CNCCc1ccccc1F. The van der Waals surface area contributed by atoms with Gasteiger partial charge in [0.15, 0.2) is 0 Å². The van der Waals surface area contributed by atoms with Crippen LogP contribution in [0.1, 0.15) is 11.3 Å². The van der Waals surface area contributed by atoms with Crippen molar-refractivity contribution in [3.05, 3.63) is 47.5 Å². The molecular formula is C12H15FN4. The predicted octanol–water partition coefficient (Wildman–Crippen LogP) is 1.29. The minimum atomic E-state index is -0.142. The second-order valence-electron chi connectivity index (χ2n) is 3.87. The Labute approximate surface area is 99.5 Å². The lowest BCUT2D eigenvalue weighted by Gasteiger charge is -2.05. The summed E-state index contributed by atoms with van der Waals surface area (Å²) in [5.74, 6) is -0.142. The standard InChI is InChI=1S/C12H15FN4/c1-17-11(9-15-16-17)8-14-7-6-10-4-2-3-5-12(10)13/h2-5,9,14H,6-8H2,1H3. The van der Waals surface area contributed by atoms with Crippen LogP contribution < -0.4 is 5.32 Å². The van der Waals surface area contributed by atoms with E-state index < -0.39 is 0 Å². The molecule has 0 unspecified atom stereocenters. The molecule has 0 fully saturated rings. The molecule has 2 aromatic rings. The zero-order chi connectivity index (χ0) is 12.1. The summed E-state index contributed by atoms with van der Waals surface area (Å²) in [6.45, 7) is 1.42. The van der Waals surface area contributed by atoms with E-state index in [1.807, 2.05) is 19.2 Å². The lowest BCUT2D eigenvalue weighted by atomic mass is 10.1. The van der Waals surface area contributed by atoms with Crippen molar-refractivity contribution < 1.29 is 4.39 Å². The number of aromatic nitrogens is 3. The van der Waals surface area contributed by atoms with Gasteiger partial charge in [0.05, 0.1) is 11.9 Å². The maximum absolute atomic E-state index is 13.3. The molecule has 4 nitrogen and oxygen atoms in total. The Morgan fingerprint density at radius 1 is 1.35 bits per heavy atom. The van der Waals surface area contributed by atoms with Crippen LogP contribution in [0.3, 0.4) is 0 Å². The molecule has 1 N–H and O–H groups in total. The molecule has 0 saturated carbocycles. The van der Waals surface area contributed by atoms with E-state index in [-0.39, 0.29) is 5.82 Å². The molecule has 0 aliphatic heterocycles. The van der Waals surface area contributed by atoms with E-state index in [9.17, 15) is 4.39 Å². The summed E-state index contributed by atoms with van der Waals surface area (Å²) >= 11 is 0. The van der Waals surface area contributed by atoms with Crippen molar-refractivity contribution in [2.75, 3.05) is 6.54 Å². The van der Waals surface area contributed by atoms with Gasteiger partial charge in [0.25, 0.3) is 0 Å². The Morgan fingerprint density at radius 2 is 2.18 bits per heavy atom. The molecule has 1 aromatic carbocycles. The van der Waals surface area contributed by atoms with Gasteiger partial charge in [-0.1, -0.05) is 23.4 Å². The van der Waals surface area contributed by atoms with Crippen molar-refractivity contribution in [2.24, 2.45) is 7.05 Å². The van der Waals surface area contributed by atoms with Crippen molar-refractivity contribution >= 4 is 0 Å². The maximum Gasteiger partial charge on any atom is 0.126 e. The topological polar surface area (TPSA) is 42.7 Å². The number of hydrogen-bond donors (Lipinski definition) is 1. The van der Waals surface area contributed by atoms with Crippen LogP contribution in [0.25, 0.3) is 0 Å². The van der Waals surface area contributed by atoms with Crippen LogP contribution in [0, 0.1) is 5.82 Å². The zero-order valence-corrected chi connectivity index (χ0v) is 9.73. The predicted molar refractivity (Wildman–Crippen MR) is 62.8 cm³/mol. The third kappa shape index (κ3) is 3.10. The molecule has 0 saturated heterocycles. The maximum atomic E-state index is 13.3. The minimum Gasteiger partial charge on any atom is -0.311 e. The van der Waals surface area contributed by atoms with Crippen LogP contribution >= 0.6 is 0 Å². The van der Waals surface area contributed by atoms with E-state index >= 15 is 0 Å². The molecule has 17 heavy (non-hydrogen) atoms. The Morgan fingerprint density at radius 3 is 2.88 bits per heavy atom. The quantitative estimate of drug-likeness (QED) is 0.793. The van der Waals surface area contributed by atoms with Gasteiger partial charge in [0.1, 0.15) is 5.82 Å². The fraction of sp³-hybridized carbons (Fsp3) is 0.333. The zero-order valence-electron chi connectivity index (χ0n) is 9.73. The van der Waals surface area contributed by atoms with E-state index in [0.717, 1.165) is 17.8 Å². The Bertz CT molecular complexity index is 481. The number of nitrogens with zero attached hydrogens (tertiary/aromatic N) is 3. The molecule has 0 amide bonds. The van der Waals surface area contributed by atoms with Gasteiger partial charge in [0, 0.05) is 13.6 Å². The van der Waals surface area contributed by atoms with E-state index in [0.29, 0.717) is 13.0 Å². The van der Waals surface area contributed by atoms with Crippen LogP contribution in [-0.4, -0.2) is 21.5 Å². The summed E-state index contributed by atoms with van der Waals surface area (Å²) in [7, 11) is 1.85. The molecule has 0 radical (unpaired) electrons. The highest BCUT2D eigenvalue weighted by molar-refractivity contribution is 5.17. The summed E-state index contributed by atoms with van der Waals surface area (Å²) in [5, 5.41) is 10.9. The molecule has 1 aromatic heterocycles. The first-order valence-corrected chi connectivity index (χ1v) is 5.55. The molecule has 0 aliphatic carbocycles. The normalized spacial score (nSPS) is 10.7. The highest BCUT2D eigenvalue weighted by Gasteiger charge is 2.01. The fourth-order valence-corrected chi connectivity index (χ4v) is 1.61. The second-order valence-corrected chi connectivity index (χ2v) is 3.87. The van der Waals surface area contributed by atoms with Crippen molar-refractivity contribution in [1.29, 1.82) is 0 Å². The van der Waals surface area contributed by atoms with E-state index in [4.69, 9.17) is 0 Å². The van der Waals surface area contributed by atoms with Crippen LogP contribution in [-0.2, 0) is 20.0 Å². The number of rotatable bonds is 5. The van der Waals surface area contributed by atoms with E-state index in [1.54, 1.807) is 16.9 Å². The van der Waals surface area contributed by atoms with Crippen molar-refractivity contribution in [1.82, 2.24) is 20.3 Å². The Kier molecular flexibility index (Phi) is 3.82. The molecule has 0 bridgehead atoms. The summed E-state index contributed by atoms with van der Waals surface area (Å²) in [4.78, 5) is 0. The first-order valence-electron chi connectivity index (χ1n) is 5.55. The molecular weight excluding hydrogens is 219 g/mol. The van der Waals surface area contributed by atoms with E-state index in [2.05, 4.69) is 15.6 Å². The lowest BCUT2D eigenvalue weighted by molar-refractivity contribution is 0.587. The summed E-state index contributed by atoms with van der Waals surface area (Å²) in [5.41, 5.74) is 1.75. The molecule has 90 valence electrons. The van der Waals surface area contributed by atoms with Gasteiger partial charge >= 0.3 is 0 Å². The summed E-state index contributed by atoms with van der Waals surface area (Å²) < 4.78 is 15.0. The first-order chi connectivity index (χ1) is 8.27. The largest absolute Gasteiger partial charge is 0.311 e. The lowest BCUT2D eigenvalue weighted by Crippen LogP contribution is -2.18. The third-order valence-corrected chi connectivity index (χ3v) is 2.64. The Hall–Kier alpha value is -1.75. The van der Waals surface area contributed by atoms with Crippen LogP contribution in [0.15, 0.2) is 30.5 Å². The molecule has 1 heterocycles.